The maximum Gasteiger partial charge on any atom is 0.254 e. The van der Waals surface area contributed by atoms with Crippen LogP contribution in [0.3, 0.4) is 0 Å². The zero-order chi connectivity index (χ0) is 18.6. The first-order valence-electron chi connectivity index (χ1n) is 9.13. The predicted molar refractivity (Wildman–Crippen MR) is 104 cm³/mol. The highest BCUT2D eigenvalue weighted by molar-refractivity contribution is 5.94. The summed E-state index contributed by atoms with van der Waals surface area (Å²) in [5.41, 5.74) is 9.31. The molecule has 0 saturated carbocycles. The number of amides is 1. The van der Waals surface area contributed by atoms with Crippen molar-refractivity contribution in [1.82, 2.24) is 19.9 Å². The number of hydrogen-bond donors (Lipinski definition) is 1. The Hall–Kier alpha value is -3.28. The number of hydrogen-bond acceptors (Lipinski definition) is 5. The Morgan fingerprint density at radius 1 is 1.07 bits per heavy atom. The second-order valence-corrected chi connectivity index (χ2v) is 6.64. The number of nitrogens with two attached hydrogens (primary N) is 1. The zero-order valence-corrected chi connectivity index (χ0v) is 15.0. The molecular formula is C21H21N5O. The van der Waals surface area contributed by atoms with E-state index in [0.717, 1.165) is 36.1 Å². The summed E-state index contributed by atoms with van der Waals surface area (Å²) < 4.78 is 0. The first-order chi connectivity index (χ1) is 13.2. The fraction of sp³-hybridized carbons (Fsp3) is 0.238. The lowest BCUT2D eigenvalue weighted by molar-refractivity contribution is 0.0606. The standard InChI is InChI=1S/C21H21N5O/c22-21-24-14-17(15-6-2-1-3-7-15)19(25-21)18-8-4-5-13-26(18)20(27)16-9-11-23-12-10-16/h1-3,6-7,9-12,14,18H,4-5,8,13H2,(H2,22,24,25)/t18-/m0/s1. The van der Waals surface area contributed by atoms with Gasteiger partial charge in [0, 0.05) is 36.3 Å². The number of rotatable bonds is 3. The van der Waals surface area contributed by atoms with Crippen LogP contribution in [0.15, 0.2) is 61.1 Å². The molecule has 1 fully saturated rings. The third-order valence-electron chi connectivity index (χ3n) is 4.93. The summed E-state index contributed by atoms with van der Waals surface area (Å²) in [4.78, 5) is 27.8. The number of carbonyl (C=O) groups excluding carboxylic acids is 1. The minimum absolute atomic E-state index is 0.00158. The van der Waals surface area contributed by atoms with Crippen molar-refractivity contribution in [3.05, 3.63) is 72.3 Å². The summed E-state index contributed by atoms with van der Waals surface area (Å²) in [7, 11) is 0. The molecule has 0 bridgehead atoms. The molecule has 1 saturated heterocycles. The van der Waals surface area contributed by atoms with Gasteiger partial charge in [0.1, 0.15) is 0 Å². The summed E-state index contributed by atoms with van der Waals surface area (Å²) in [5.74, 6) is 0.227. The maximum absolute atomic E-state index is 13.1. The fourth-order valence-electron chi connectivity index (χ4n) is 3.62. The Balaban J connectivity index is 1.76. The lowest BCUT2D eigenvalue weighted by Crippen LogP contribution is -2.39. The van der Waals surface area contributed by atoms with Gasteiger partial charge in [0.2, 0.25) is 5.95 Å². The molecule has 3 heterocycles. The van der Waals surface area contributed by atoms with E-state index in [1.807, 2.05) is 35.2 Å². The normalized spacial score (nSPS) is 16.9. The van der Waals surface area contributed by atoms with Crippen LogP contribution in [0, 0.1) is 0 Å². The minimum atomic E-state index is -0.125. The van der Waals surface area contributed by atoms with E-state index in [4.69, 9.17) is 5.73 Å². The molecule has 136 valence electrons. The number of carbonyl (C=O) groups is 1. The maximum atomic E-state index is 13.1. The van der Waals surface area contributed by atoms with Crippen LogP contribution < -0.4 is 5.73 Å². The summed E-state index contributed by atoms with van der Waals surface area (Å²) in [6, 6.07) is 13.4. The smallest absolute Gasteiger partial charge is 0.254 e. The average molecular weight is 359 g/mol. The van der Waals surface area contributed by atoms with E-state index in [1.54, 1.807) is 30.7 Å². The lowest BCUT2D eigenvalue weighted by atomic mass is 9.93. The minimum Gasteiger partial charge on any atom is -0.368 e. The number of benzene rings is 1. The van der Waals surface area contributed by atoms with E-state index < -0.39 is 0 Å². The number of piperidine rings is 1. The van der Waals surface area contributed by atoms with Gasteiger partial charge in [0.15, 0.2) is 0 Å². The topological polar surface area (TPSA) is 85.0 Å². The fourth-order valence-corrected chi connectivity index (χ4v) is 3.62. The summed E-state index contributed by atoms with van der Waals surface area (Å²) >= 11 is 0. The molecule has 0 radical (unpaired) electrons. The molecule has 0 unspecified atom stereocenters. The molecular weight excluding hydrogens is 338 g/mol. The Labute approximate surface area is 158 Å². The van der Waals surface area contributed by atoms with Crippen molar-refractivity contribution in [3.63, 3.8) is 0 Å². The SMILES string of the molecule is Nc1ncc(-c2ccccc2)c([C@@H]2CCCCN2C(=O)c2ccncc2)n1. The highest BCUT2D eigenvalue weighted by Crippen LogP contribution is 2.36. The zero-order valence-electron chi connectivity index (χ0n) is 15.0. The van der Waals surface area contributed by atoms with Crippen LogP contribution in [0.1, 0.15) is 41.4 Å². The van der Waals surface area contributed by atoms with Crippen molar-refractivity contribution in [2.75, 3.05) is 12.3 Å². The highest BCUT2D eigenvalue weighted by Gasteiger charge is 2.31. The molecule has 1 aromatic carbocycles. The molecule has 6 heteroatoms. The lowest BCUT2D eigenvalue weighted by Gasteiger charge is -2.36. The van der Waals surface area contributed by atoms with Crippen molar-refractivity contribution in [1.29, 1.82) is 0 Å². The Morgan fingerprint density at radius 3 is 2.63 bits per heavy atom. The molecule has 1 aliphatic heterocycles. The van der Waals surface area contributed by atoms with Crippen LogP contribution in [-0.2, 0) is 0 Å². The van der Waals surface area contributed by atoms with Crippen molar-refractivity contribution in [3.8, 4) is 11.1 Å². The largest absolute Gasteiger partial charge is 0.368 e. The van der Waals surface area contributed by atoms with Gasteiger partial charge in [-0.15, -0.1) is 0 Å². The number of aromatic nitrogens is 3. The second-order valence-electron chi connectivity index (χ2n) is 6.64. The van der Waals surface area contributed by atoms with E-state index in [-0.39, 0.29) is 17.9 Å². The van der Waals surface area contributed by atoms with Gasteiger partial charge in [-0.25, -0.2) is 9.97 Å². The van der Waals surface area contributed by atoms with E-state index in [1.165, 1.54) is 0 Å². The summed E-state index contributed by atoms with van der Waals surface area (Å²) in [5, 5.41) is 0. The third kappa shape index (κ3) is 3.51. The first-order valence-corrected chi connectivity index (χ1v) is 9.13. The third-order valence-corrected chi connectivity index (χ3v) is 4.93. The van der Waals surface area contributed by atoms with Gasteiger partial charge in [-0.3, -0.25) is 9.78 Å². The predicted octanol–water partition coefficient (Wildman–Crippen LogP) is 3.49. The average Bonchev–Trinajstić information content (AvgIpc) is 2.74. The second kappa shape index (κ2) is 7.53. The van der Waals surface area contributed by atoms with Crippen LogP contribution in [0.4, 0.5) is 5.95 Å². The Bertz CT molecular complexity index is 930. The monoisotopic (exact) mass is 359 g/mol. The Morgan fingerprint density at radius 2 is 1.85 bits per heavy atom. The van der Waals surface area contributed by atoms with Crippen LogP contribution in [-0.4, -0.2) is 32.3 Å². The molecule has 6 nitrogen and oxygen atoms in total. The molecule has 3 aromatic rings. The molecule has 1 aliphatic rings. The molecule has 2 N–H and O–H groups in total. The van der Waals surface area contributed by atoms with Crippen LogP contribution in [0.5, 0.6) is 0 Å². The van der Waals surface area contributed by atoms with Gasteiger partial charge in [-0.1, -0.05) is 30.3 Å². The summed E-state index contributed by atoms with van der Waals surface area (Å²) in [6.45, 7) is 0.698. The quantitative estimate of drug-likeness (QED) is 0.774. The van der Waals surface area contributed by atoms with Gasteiger partial charge in [0.25, 0.3) is 5.91 Å². The van der Waals surface area contributed by atoms with Gasteiger partial charge in [-0.2, -0.15) is 0 Å². The van der Waals surface area contributed by atoms with Gasteiger partial charge in [0.05, 0.1) is 11.7 Å². The van der Waals surface area contributed by atoms with Crippen molar-refractivity contribution in [2.24, 2.45) is 0 Å². The van der Waals surface area contributed by atoms with E-state index in [9.17, 15) is 4.79 Å². The van der Waals surface area contributed by atoms with Gasteiger partial charge in [-0.05, 0) is 37.0 Å². The number of pyridine rings is 1. The molecule has 1 atom stereocenters. The van der Waals surface area contributed by atoms with Gasteiger partial charge >= 0.3 is 0 Å². The van der Waals surface area contributed by atoms with Crippen molar-refractivity contribution < 1.29 is 4.79 Å². The molecule has 1 amide bonds. The molecule has 0 spiro atoms. The summed E-state index contributed by atoms with van der Waals surface area (Å²) in [6.07, 6.45) is 7.93. The molecule has 0 aliphatic carbocycles. The number of nitrogen functional groups attached to an aromatic ring is 1. The molecule has 4 rings (SSSR count). The van der Waals surface area contributed by atoms with E-state index >= 15 is 0 Å². The number of likely N-dealkylation sites (tertiary alicyclic amines) is 1. The van der Waals surface area contributed by atoms with Crippen LogP contribution >= 0.6 is 0 Å². The van der Waals surface area contributed by atoms with E-state index in [2.05, 4.69) is 15.0 Å². The number of anilines is 1. The van der Waals surface area contributed by atoms with E-state index in [0.29, 0.717) is 12.1 Å². The van der Waals surface area contributed by atoms with Crippen LogP contribution in [0.2, 0.25) is 0 Å². The van der Waals surface area contributed by atoms with Crippen molar-refractivity contribution >= 4 is 11.9 Å². The molecule has 27 heavy (non-hydrogen) atoms. The highest BCUT2D eigenvalue weighted by atomic mass is 16.2. The Kier molecular flexibility index (Phi) is 4.78. The van der Waals surface area contributed by atoms with Gasteiger partial charge < -0.3 is 10.6 Å². The van der Waals surface area contributed by atoms with Crippen molar-refractivity contribution in [2.45, 2.75) is 25.3 Å². The molecule has 2 aromatic heterocycles. The number of nitrogens with zero attached hydrogens (tertiary/aromatic N) is 4. The van der Waals surface area contributed by atoms with Crippen LogP contribution in [0.25, 0.3) is 11.1 Å². The first kappa shape index (κ1) is 17.1.